The van der Waals surface area contributed by atoms with Crippen LogP contribution in [0.3, 0.4) is 0 Å². The van der Waals surface area contributed by atoms with Gasteiger partial charge in [0.05, 0.1) is 0 Å². The second kappa shape index (κ2) is 10.7. The van der Waals surface area contributed by atoms with Crippen molar-refractivity contribution in [3.05, 3.63) is 63.6 Å². The van der Waals surface area contributed by atoms with Gasteiger partial charge in [-0.15, -0.1) is 0 Å². The fourth-order valence-corrected chi connectivity index (χ4v) is 3.90. The molecular weight excluding hydrogens is 389 g/mol. The van der Waals surface area contributed by atoms with E-state index >= 15 is 0 Å². The van der Waals surface area contributed by atoms with Crippen molar-refractivity contribution in [2.75, 3.05) is 12.3 Å². The summed E-state index contributed by atoms with van der Waals surface area (Å²) in [6, 6.07) is 13.2. The molecule has 0 aliphatic rings. The Morgan fingerprint density at radius 1 is 1.15 bits per heavy atom. The third kappa shape index (κ3) is 6.42. The highest BCUT2D eigenvalue weighted by Crippen LogP contribution is 2.28. The molecule has 2 rings (SSSR count). The number of rotatable bonds is 9. The highest BCUT2D eigenvalue weighted by atomic mass is 35.5. The maximum atomic E-state index is 12.3. The van der Waals surface area contributed by atoms with E-state index in [1.807, 2.05) is 56.3 Å². The normalized spacial score (nSPS) is 11.8. The highest BCUT2D eigenvalue weighted by Gasteiger charge is 2.17. The summed E-state index contributed by atoms with van der Waals surface area (Å²) in [7, 11) is 0. The van der Waals surface area contributed by atoms with E-state index in [1.165, 1.54) is 0 Å². The number of hydrogen-bond donors (Lipinski definition) is 1. The molecular formula is C20H23Cl2NO2S. The number of carbonyl (C=O) groups is 1. The van der Waals surface area contributed by atoms with Gasteiger partial charge in [-0.3, -0.25) is 4.79 Å². The van der Waals surface area contributed by atoms with Crippen molar-refractivity contribution in [3.63, 3.8) is 0 Å². The topological polar surface area (TPSA) is 38.3 Å². The Balaban J connectivity index is 1.73. The molecule has 0 spiro atoms. The van der Waals surface area contributed by atoms with Crippen molar-refractivity contribution in [2.24, 2.45) is 0 Å². The van der Waals surface area contributed by atoms with Crippen molar-refractivity contribution in [3.8, 4) is 5.75 Å². The van der Waals surface area contributed by atoms with Gasteiger partial charge in [0.15, 0.2) is 6.10 Å². The lowest BCUT2D eigenvalue weighted by molar-refractivity contribution is -0.127. The Morgan fingerprint density at radius 2 is 1.81 bits per heavy atom. The first-order valence-electron chi connectivity index (χ1n) is 8.53. The molecule has 0 aromatic heterocycles. The maximum Gasteiger partial charge on any atom is 0.261 e. The van der Waals surface area contributed by atoms with Gasteiger partial charge in [-0.2, -0.15) is 11.8 Å². The first-order chi connectivity index (χ1) is 12.5. The van der Waals surface area contributed by atoms with Crippen molar-refractivity contribution < 1.29 is 9.53 Å². The zero-order chi connectivity index (χ0) is 18.9. The molecule has 0 saturated heterocycles. The Kier molecular flexibility index (Phi) is 8.63. The minimum absolute atomic E-state index is 0.0931. The van der Waals surface area contributed by atoms with Crippen molar-refractivity contribution in [2.45, 2.75) is 32.1 Å². The van der Waals surface area contributed by atoms with Gasteiger partial charge in [-0.25, -0.2) is 0 Å². The number of nitrogens with one attached hydrogen (secondary N) is 1. The molecule has 2 aromatic carbocycles. The third-order valence-electron chi connectivity index (χ3n) is 3.82. The highest BCUT2D eigenvalue weighted by molar-refractivity contribution is 7.98. The molecule has 0 heterocycles. The van der Waals surface area contributed by atoms with Crippen LogP contribution in [0.25, 0.3) is 0 Å². The van der Waals surface area contributed by atoms with Crippen molar-refractivity contribution in [1.29, 1.82) is 0 Å². The van der Waals surface area contributed by atoms with Crippen LogP contribution in [0.4, 0.5) is 0 Å². The molecule has 0 radical (unpaired) electrons. The van der Waals surface area contributed by atoms with Gasteiger partial charge >= 0.3 is 0 Å². The lowest BCUT2D eigenvalue weighted by Crippen LogP contribution is -2.39. The minimum Gasteiger partial charge on any atom is -0.481 e. The zero-order valence-electron chi connectivity index (χ0n) is 14.9. The maximum absolute atomic E-state index is 12.3. The second-order valence-corrected chi connectivity index (χ2v) is 7.79. The van der Waals surface area contributed by atoms with E-state index in [4.69, 9.17) is 27.9 Å². The largest absolute Gasteiger partial charge is 0.481 e. The molecule has 0 unspecified atom stereocenters. The number of amides is 1. The number of halogens is 2. The number of benzene rings is 2. The Labute approximate surface area is 169 Å². The molecule has 0 aliphatic carbocycles. The first-order valence-corrected chi connectivity index (χ1v) is 10.4. The summed E-state index contributed by atoms with van der Waals surface area (Å²) in [4.78, 5) is 12.3. The summed E-state index contributed by atoms with van der Waals surface area (Å²) in [5, 5.41) is 4.28. The van der Waals surface area contributed by atoms with Gasteiger partial charge in [0, 0.05) is 28.1 Å². The molecule has 0 aliphatic heterocycles. The quantitative estimate of drug-likeness (QED) is 0.552. The van der Waals surface area contributed by atoms with E-state index in [1.54, 1.807) is 11.8 Å². The number of hydrogen-bond acceptors (Lipinski definition) is 3. The summed E-state index contributed by atoms with van der Waals surface area (Å²) < 4.78 is 5.78. The number of carbonyl (C=O) groups excluding carboxylic acids is 1. The predicted molar refractivity (Wildman–Crippen MR) is 112 cm³/mol. The van der Waals surface area contributed by atoms with E-state index in [0.29, 0.717) is 34.5 Å². The SMILES string of the molecule is CC[C@@H](Oc1ccc(C)cc1)C(=O)NCCSCc1c(Cl)cccc1Cl. The standard InChI is InChI=1S/C20H23Cl2NO2S/c1-3-19(25-15-9-7-14(2)8-10-15)20(24)23-11-12-26-13-16-17(21)5-4-6-18(16)22/h4-10,19H,3,11-13H2,1-2H3,(H,23,24)/t19-/m1/s1. The fraction of sp³-hybridized carbons (Fsp3) is 0.350. The van der Waals surface area contributed by atoms with E-state index in [9.17, 15) is 4.79 Å². The number of ether oxygens (including phenoxy) is 1. The first kappa shape index (κ1) is 20.9. The van der Waals surface area contributed by atoms with Gasteiger partial charge in [-0.05, 0) is 43.2 Å². The molecule has 26 heavy (non-hydrogen) atoms. The Morgan fingerprint density at radius 3 is 2.42 bits per heavy atom. The summed E-state index contributed by atoms with van der Waals surface area (Å²) in [6.45, 7) is 4.52. The van der Waals surface area contributed by atoms with Crippen LogP contribution in [0.1, 0.15) is 24.5 Å². The van der Waals surface area contributed by atoms with E-state index in [2.05, 4.69) is 5.32 Å². The lowest BCUT2D eigenvalue weighted by Gasteiger charge is -2.17. The summed E-state index contributed by atoms with van der Waals surface area (Å²) >= 11 is 14.0. The lowest BCUT2D eigenvalue weighted by atomic mass is 10.2. The average molecular weight is 412 g/mol. The smallest absolute Gasteiger partial charge is 0.261 e. The molecule has 3 nitrogen and oxygen atoms in total. The minimum atomic E-state index is -0.485. The monoisotopic (exact) mass is 411 g/mol. The van der Waals surface area contributed by atoms with Gasteiger partial charge in [-0.1, -0.05) is 53.9 Å². The molecule has 1 amide bonds. The van der Waals surface area contributed by atoms with Crippen LogP contribution in [0.15, 0.2) is 42.5 Å². The van der Waals surface area contributed by atoms with E-state index in [0.717, 1.165) is 16.9 Å². The molecule has 1 N–H and O–H groups in total. The fourth-order valence-electron chi connectivity index (χ4n) is 2.31. The molecule has 0 saturated carbocycles. The number of aryl methyl sites for hydroxylation is 1. The Hall–Kier alpha value is -1.36. The predicted octanol–water partition coefficient (Wildman–Crippen LogP) is 5.51. The van der Waals surface area contributed by atoms with Crippen LogP contribution in [0.2, 0.25) is 10.0 Å². The van der Waals surface area contributed by atoms with Gasteiger partial charge in [0.2, 0.25) is 0 Å². The molecule has 0 fully saturated rings. The third-order valence-corrected chi connectivity index (χ3v) is 5.51. The Bertz CT molecular complexity index is 702. The van der Waals surface area contributed by atoms with Crippen molar-refractivity contribution >= 4 is 40.9 Å². The zero-order valence-corrected chi connectivity index (χ0v) is 17.3. The average Bonchev–Trinajstić information content (AvgIpc) is 2.63. The number of thioether (sulfide) groups is 1. The molecule has 1 atom stereocenters. The molecule has 6 heteroatoms. The molecule has 2 aromatic rings. The van der Waals surface area contributed by atoms with Crippen LogP contribution in [0.5, 0.6) is 5.75 Å². The van der Waals surface area contributed by atoms with Crippen LogP contribution in [-0.2, 0) is 10.5 Å². The second-order valence-electron chi connectivity index (χ2n) is 5.87. The molecule has 140 valence electrons. The van der Waals surface area contributed by atoms with Crippen LogP contribution >= 0.6 is 35.0 Å². The van der Waals surface area contributed by atoms with Crippen LogP contribution < -0.4 is 10.1 Å². The summed E-state index contributed by atoms with van der Waals surface area (Å²) in [5.74, 6) is 2.10. The van der Waals surface area contributed by atoms with Gasteiger partial charge < -0.3 is 10.1 Å². The molecule has 0 bridgehead atoms. The van der Waals surface area contributed by atoms with Gasteiger partial charge in [0.25, 0.3) is 5.91 Å². The summed E-state index contributed by atoms with van der Waals surface area (Å²) in [6.07, 6.45) is 0.128. The van der Waals surface area contributed by atoms with Crippen LogP contribution in [0, 0.1) is 6.92 Å². The van der Waals surface area contributed by atoms with Gasteiger partial charge in [0.1, 0.15) is 5.75 Å². The van der Waals surface area contributed by atoms with E-state index in [-0.39, 0.29) is 5.91 Å². The summed E-state index contributed by atoms with van der Waals surface area (Å²) in [5.41, 5.74) is 2.09. The van der Waals surface area contributed by atoms with Crippen molar-refractivity contribution in [1.82, 2.24) is 5.32 Å². The van der Waals surface area contributed by atoms with Crippen LogP contribution in [-0.4, -0.2) is 24.3 Å². The van der Waals surface area contributed by atoms with E-state index < -0.39 is 6.10 Å².